The van der Waals surface area contributed by atoms with Crippen LogP contribution in [0.25, 0.3) is 0 Å². The van der Waals surface area contributed by atoms with Crippen molar-refractivity contribution in [2.45, 2.75) is 191 Å². The van der Waals surface area contributed by atoms with E-state index in [1.165, 1.54) is 116 Å². The van der Waals surface area contributed by atoms with Crippen molar-refractivity contribution in [1.82, 2.24) is 0 Å². The molecule has 0 aliphatic carbocycles. The normalized spacial score (nSPS) is 9.79. The molecule has 6 heteroatoms. The molecule has 38 heavy (non-hydrogen) atoms. The van der Waals surface area contributed by atoms with E-state index in [1.807, 2.05) is 0 Å². The number of carboxylic acids is 2. The van der Waals surface area contributed by atoms with Crippen molar-refractivity contribution >= 4 is 59.3 Å². The summed E-state index contributed by atoms with van der Waals surface area (Å²) in [4.78, 5) is 20.2. The van der Waals surface area contributed by atoms with Crippen LogP contribution in [0, 0.1) is 0 Å². The zero-order valence-electron chi connectivity index (χ0n) is 26.0. The smallest absolute Gasteiger partial charge is 3.00 e. The summed E-state index contributed by atoms with van der Waals surface area (Å²) in [6.07, 6.45) is 28.2. The number of rotatable bonds is 26. The Morgan fingerprint density at radius 2 is 0.658 bits per heavy atom. The Balaban J connectivity index is -0.000000231. The van der Waals surface area contributed by atoms with E-state index in [9.17, 15) is 19.8 Å². The molecule has 0 rings (SSSR count). The maximum Gasteiger partial charge on any atom is 3.00 e. The molecule has 0 bridgehead atoms. The first-order chi connectivity index (χ1) is 18.0. The molecule has 0 aliphatic rings. The molecular weight excluding hydrogens is 776 g/mol. The van der Waals surface area contributed by atoms with Crippen LogP contribution < -0.4 is 10.2 Å². The van der Waals surface area contributed by atoms with Crippen molar-refractivity contribution < 1.29 is 19.8 Å². The topological polar surface area (TPSA) is 80.3 Å². The molecule has 0 saturated heterocycles. The zero-order valence-corrected chi connectivity index (χ0v) is 32.3. The van der Waals surface area contributed by atoms with E-state index in [2.05, 4.69) is 27.7 Å². The van der Waals surface area contributed by atoms with Crippen molar-refractivity contribution in [2.24, 2.45) is 0 Å². The Morgan fingerprint density at radius 1 is 0.421 bits per heavy atom. The average molecular weight is 841 g/mol. The van der Waals surface area contributed by atoms with Crippen LogP contribution in [0.15, 0.2) is 0 Å². The first-order valence-corrected chi connectivity index (χ1v) is 20.1. The maximum atomic E-state index is 10.1. The standard InChI is InChI=1S/2C12H24O2.2C4H9.Bi.Sn/c2*1-2-3-4-5-6-7-8-9-10-11-12(13)14;2*1-3-4-2;;/h2*2-11H2,1H3,(H,13,14);2*1,3-4H2,2H3;;/q;;;;+3;+2/p-2. The van der Waals surface area contributed by atoms with Gasteiger partial charge >= 0.3 is 95.7 Å². The van der Waals surface area contributed by atoms with E-state index in [0.717, 1.165) is 25.7 Å². The molecule has 0 unspecified atom stereocenters. The summed E-state index contributed by atoms with van der Waals surface area (Å²) in [6, 6.07) is 0. The van der Waals surface area contributed by atoms with Gasteiger partial charge in [-0.05, 0) is 25.7 Å². The molecule has 0 aromatic carbocycles. The third-order valence-corrected chi connectivity index (χ3v) is 10.4. The summed E-state index contributed by atoms with van der Waals surface area (Å²) in [6.45, 7) is 9.03. The van der Waals surface area contributed by atoms with Gasteiger partial charge in [0, 0.05) is 11.9 Å². The van der Waals surface area contributed by atoms with Gasteiger partial charge in [-0.15, -0.1) is 0 Å². The summed E-state index contributed by atoms with van der Waals surface area (Å²) in [5, 5.41) is 20.2. The summed E-state index contributed by atoms with van der Waals surface area (Å²) in [5.74, 6) is -1.82. The molecule has 0 aromatic heterocycles. The van der Waals surface area contributed by atoms with Crippen molar-refractivity contribution in [2.75, 3.05) is 0 Å². The van der Waals surface area contributed by atoms with Crippen molar-refractivity contribution in [1.29, 1.82) is 0 Å². The monoisotopic (exact) mass is 841 g/mol. The fourth-order valence-corrected chi connectivity index (χ4v) is 8.05. The predicted molar refractivity (Wildman–Crippen MR) is 165 cm³/mol. The molecule has 0 amide bonds. The van der Waals surface area contributed by atoms with Gasteiger partial charge in [0.15, 0.2) is 0 Å². The maximum absolute atomic E-state index is 10.1. The quantitative estimate of drug-likeness (QED) is 0.0653. The molecule has 4 nitrogen and oxygen atoms in total. The molecule has 0 atom stereocenters. The van der Waals surface area contributed by atoms with Gasteiger partial charge < -0.3 is 19.8 Å². The molecule has 2 radical (unpaired) electrons. The Morgan fingerprint density at radius 3 is 0.895 bits per heavy atom. The van der Waals surface area contributed by atoms with Gasteiger partial charge in [0.25, 0.3) is 0 Å². The molecule has 0 saturated carbocycles. The number of unbranched alkanes of at least 4 members (excludes halogenated alkanes) is 18. The fourth-order valence-electron chi connectivity index (χ4n) is 3.89. The summed E-state index contributed by atoms with van der Waals surface area (Å²) < 4.78 is 3.25. The number of carbonyl (C=O) groups excluding carboxylic acids is 2. The molecule has 0 N–H and O–H groups in total. The SMILES string of the molecule is CCCCCCCCCCCC(=O)[O-].CCCCCCCCCCCC(=O)[O-].CCC[CH2][Sn+2][CH2]CCC.[Bi+3]. The van der Waals surface area contributed by atoms with Gasteiger partial charge in [0.1, 0.15) is 0 Å². The van der Waals surface area contributed by atoms with Crippen molar-refractivity contribution in [3.63, 3.8) is 0 Å². The van der Waals surface area contributed by atoms with Gasteiger partial charge in [-0.25, -0.2) is 0 Å². The van der Waals surface area contributed by atoms with Gasteiger partial charge in [0.2, 0.25) is 0 Å². The Hall–Kier alpha value is 0.622. The van der Waals surface area contributed by atoms with Gasteiger partial charge in [-0.3, -0.25) is 0 Å². The van der Waals surface area contributed by atoms with Crippen molar-refractivity contribution in [3.05, 3.63) is 0 Å². The second-order valence-corrected chi connectivity index (χ2v) is 14.6. The van der Waals surface area contributed by atoms with Crippen LogP contribution in [0.3, 0.4) is 0 Å². The Labute approximate surface area is 268 Å². The summed E-state index contributed by atoms with van der Waals surface area (Å²) in [7, 11) is 0. The second kappa shape index (κ2) is 44.6. The van der Waals surface area contributed by atoms with E-state index < -0.39 is 11.9 Å². The summed E-state index contributed by atoms with van der Waals surface area (Å²) >= 11 is 0.149. The third-order valence-electron chi connectivity index (χ3n) is 6.38. The Kier molecular flexibility index (Phi) is 53.6. The van der Waals surface area contributed by atoms with E-state index in [-0.39, 0.29) is 60.2 Å². The fraction of sp³-hybridized carbons (Fsp3) is 0.938. The minimum atomic E-state index is -0.909. The number of hydrogen-bond donors (Lipinski definition) is 0. The van der Waals surface area contributed by atoms with Crippen LogP contribution in [0.1, 0.15) is 182 Å². The number of hydrogen-bond acceptors (Lipinski definition) is 4. The molecule has 0 heterocycles. The van der Waals surface area contributed by atoms with Crippen LogP contribution in [0.2, 0.25) is 8.87 Å². The molecule has 0 spiro atoms. The largest absolute Gasteiger partial charge is 3.00 e. The zero-order chi connectivity index (χ0) is 28.2. The van der Waals surface area contributed by atoms with E-state index in [0.29, 0.717) is 0 Å². The van der Waals surface area contributed by atoms with Gasteiger partial charge in [0.05, 0.1) is 0 Å². The van der Waals surface area contributed by atoms with E-state index in [4.69, 9.17) is 0 Å². The van der Waals surface area contributed by atoms with Gasteiger partial charge in [-0.1, -0.05) is 117 Å². The summed E-state index contributed by atoms with van der Waals surface area (Å²) in [5.41, 5.74) is 0. The first-order valence-electron chi connectivity index (χ1n) is 16.1. The van der Waals surface area contributed by atoms with Crippen LogP contribution in [0.4, 0.5) is 0 Å². The first kappa shape index (κ1) is 45.6. The van der Waals surface area contributed by atoms with Crippen molar-refractivity contribution in [3.8, 4) is 0 Å². The second-order valence-electron chi connectivity index (χ2n) is 10.4. The molecule has 0 aromatic rings. The van der Waals surface area contributed by atoms with E-state index in [1.54, 1.807) is 8.87 Å². The minimum absolute atomic E-state index is 0. The predicted octanol–water partition coefficient (Wildman–Crippen LogP) is 8.06. The van der Waals surface area contributed by atoms with Crippen LogP contribution >= 0.6 is 0 Å². The van der Waals surface area contributed by atoms with Crippen LogP contribution in [-0.4, -0.2) is 59.3 Å². The minimum Gasteiger partial charge on any atom is 3.00 e. The number of carboxylic acid groups (broad SMARTS) is 2. The van der Waals surface area contributed by atoms with Crippen LogP contribution in [-0.2, 0) is 9.59 Å². The third kappa shape index (κ3) is 56.7. The molecule has 0 fully saturated rings. The number of aliphatic carboxylic acids is 2. The van der Waals surface area contributed by atoms with E-state index >= 15 is 0 Å². The molecular formula is C32H64BiO4Sn+3. The van der Waals surface area contributed by atoms with Crippen LogP contribution in [0.5, 0.6) is 0 Å². The number of carbonyl (C=O) groups is 2. The molecule has 222 valence electrons. The molecule has 0 aliphatic heterocycles. The average Bonchev–Trinajstić information content (AvgIpc) is 2.87. The van der Waals surface area contributed by atoms with Gasteiger partial charge in [-0.2, -0.15) is 0 Å². The Bertz CT molecular complexity index is 398.